The SMILES string of the molecule is CCC(F)(F)C(F)(F)C(F)(F)C(F)(F)C(F)(F)C(F)(F)C(F)(F)C(F)(F)S(=O)(=O)[O-].CC[N+](CC)(CC)CC. The van der Waals surface area contributed by atoms with E-state index in [1.54, 1.807) is 0 Å². The first kappa shape index (κ1) is 39.9. The lowest BCUT2D eigenvalue weighted by atomic mass is 9.88. The number of quaternary nitrogens is 1. The van der Waals surface area contributed by atoms with Gasteiger partial charge in [0.2, 0.25) is 0 Å². The van der Waals surface area contributed by atoms with Crippen LogP contribution in [-0.2, 0) is 10.1 Å². The van der Waals surface area contributed by atoms with Crippen molar-refractivity contribution >= 4 is 10.1 Å². The molecule has 39 heavy (non-hydrogen) atoms. The van der Waals surface area contributed by atoms with Gasteiger partial charge >= 0.3 is 46.7 Å². The normalized spacial score (nSPS) is 15.6. The Morgan fingerprint density at radius 1 is 0.487 bits per heavy atom. The molecule has 0 fully saturated rings. The second kappa shape index (κ2) is 11.6. The molecule has 0 bridgehead atoms. The third-order valence-corrected chi connectivity index (χ3v) is 7.12. The van der Waals surface area contributed by atoms with E-state index in [-0.39, 0.29) is 6.92 Å². The highest BCUT2D eigenvalue weighted by molar-refractivity contribution is 7.86. The second-order valence-corrected chi connectivity index (χ2v) is 9.50. The van der Waals surface area contributed by atoms with Gasteiger partial charge in [-0.3, -0.25) is 0 Å². The van der Waals surface area contributed by atoms with E-state index in [1.807, 2.05) is 0 Å². The first-order valence-corrected chi connectivity index (χ1v) is 12.0. The molecule has 0 atom stereocenters. The van der Waals surface area contributed by atoms with E-state index in [1.165, 1.54) is 30.7 Å². The van der Waals surface area contributed by atoms with E-state index in [0.29, 0.717) is 0 Å². The molecule has 0 spiro atoms. The van der Waals surface area contributed by atoms with Crippen molar-refractivity contribution in [2.24, 2.45) is 0 Å². The van der Waals surface area contributed by atoms with Crippen LogP contribution in [0.5, 0.6) is 0 Å². The maximum Gasteiger partial charge on any atom is 0.402 e. The minimum absolute atomic E-state index is 0.108. The molecule has 0 aromatic rings. The summed E-state index contributed by atoms with van der Waals surface area (Å²) in [7, 11) is -8.09. The molecule has 0 unspecified atom stereocenters. The Labute approximate surface area is 212 Å². The van der Waals surface area contributed by atoms with Gasteiger partial charge in [-0.25, -0.2) is 8.42 Å². The molecule has 238 valence electrons. The van der Waals surface area contributed by atoms with Crippen molar-refractivity contribution in [3.8, 4) is 0 Å². The summed E-state index contributed by atoms with van der Waals surface area (Å²) in [5.41, 5.74) is 0. The fourth-order valence-electron chi connectivity index (χ4n) is 2.92. The molecule has 0 saturated heterocycles. The topological polar surface area (TPSA) is 57.2 Å². The van der Waals surface area contributed by atoms with Crippen molar-refractivity contribution in [1.82, 2.24) is 0 Å². The third-order valence-electron chi connectivity index (χ3n) is 6.24. The Balaban J connectivity index is 0. The maximum atomic E-state index is 13.3. The van der Waals surface area contributed by atoms with Crippen molar-refractivity contribution in [2.75, 3.05) is 26.2 Å². The van der Waals surface area contributed by atoms with Gasteiger partial charge in [0.05, 0.1) is 26.2 Å². The zero-order valence-corrected chi connectivity index (χ0v) is 21.5. The molecular weight excluding hydrogens is 614 g/mol. The molecule has 0 aliphatic carbocycles. The Morgan fingerprint density at radius 2 is 0.718 bits per heavy atom. The maximum absolute atomic E-state index is 13.3. The number of hydrogen-bond donors (Lipinski definition) is 0. The van der Waals surface area contributed by atoms with Crippen LogP contribution in [0.3, 0.4) is 0 Å². The fraction of sp³-hybridized carbons (Fsp3) is 1.00. The van der Waals surface area contributed by atoms with E-state index < -0.39 is 63.3 Å². The molecule has 0 aromatic heterocycles. The van der Waals surface area contributed by atoms with Gasteiger partial charge < -0.3 is 9.04 Å². The highest BCUT2D eigenvalue weighted by atomic mass is 32.2. The van der Waals surface area contributed by atoms with E-state index in [2.05, 4.69) is 27.7 Å². The molecule has 0 rings (SSSR count). The van der Waals surface area contributed by atoms with Crippen LogP contribution in [0.25, 0.3) is 0 Å². The standard InChI is InChI=1S/C10H6F16O3S.C8H20N/c1-2-3(11,12)4(13,14)5(15,16)6(17,18)7(19,20)8(21,22)9(23,24)10(25,26)30(27,28)29;1-5-9(6-2,7-3)8-4/h2H2,1H3,(H,27,28,29);5-8H2,1-4H3/q;+1/p-1. The molecule has 0 amide bonds. The molecule has 0 aromatic carbocycles. The van der Waals surface area contributed by atoms with Gasteiger partial charge in [0.25, 0.3) is 0 Å². The van der Waals surface area contributed by atoms with Gasteiger partial charge in [0, 0.05) is 6.42 Å². The number of hydrogen-bond acceptors (Lipinski definition) is 3. The Bertz CT molecular complexity index is 900. The zero-order valence-electron chi connectivity index (χ0n) is 20.7. The van der Waals surface area contributed by atoms with Crippen LogP contribution in [-0.4, -0.2) is 90.3 Å². The van der Waals surface area contributed by atoms with Gasteiger partial charge in [0.15, 0.2) is 10.1 Å². The van der Waals surface area contributed by atoms with Crippen molar-refractivity contribution in [3.05, 3.63) is 0 Å². The first-order valence-electron chi connectivity index (χ1n) is 10.6. The number of halogens is 16. The fourth-order valence-corrected chi connectivity index (χ4v) is 3.36. The molecule has 0 heterocycles. The van der Waals surface area contributed by atoms with E-state index >= 15 is 0 Å². The summed E-state index contributed by atoms with van der Waals surface area (Å²) in [5, 5.41) is -7.88. The molecule has 0 radical (unpaired) electrons. The van der Waals surface area contributed by atoms with Crippen LogP contribution in [0.15, 0.2) is 0 Å². The lowest BCUT2D eigenvalue weighted by molar-refractivity contribution is -0.921. The van der Waals surface area contributed by atoms with Crippen LogP contribution in [0.4, 0.5) is 70.2 Å². The van der Waals surface area contributed by atoms with Crippen molar-refractivity contribution < 1.29 is 87.7 Å². The van der Waals surface area contributed by atoms with Crippen molar-refractivity contribution in [2.45, 2.75) is 87.8 Å². The summed E-state index contributed by atoms with van der Waals surface area (Å²) < 4.78 is 240. The zero-order chi connectivity index (χ0) is 32.5. The van der Waals surface area contributed by atoms with Crippen LogP contribution >= 0.6 is 0 Å². The molecule has 0 saturated carbocycles. The molecule has 0 N–H and O–H groups in total. The van der Waals surface area contributed by atoms with Crippen LogP contribution < -0.4 is 0 Å². The molecule has 21 heteroatoms. The first-order chi connectivity index (χ1) is 16.8. The van der Waals surface area contributed by atoms with Gasteiger partial charge in [-0.05, 0) is 27.7 Å². The summed E-state index contributed by atoms with van der Waals surface area (Å²) in [4.78, 5) is 0. The lowest BCUT2D eigenvalue weighted by Crippen LogP contribution is -2.75. The molecule has 0 aliphatic rings. The average molecular weight is 639 g/mol. The molecule has 0 aliphatic heterocycles. The van der Waals surface area contributed by atoms with E-state index in [4.69, 9.17) is 0 Å². The summed E-state index contributed by atoms with van der Waals surface area (Å²) in [6.45, 7) is 14.1. The minimum atomic E-state index is -8.76. The molecule has 4 nitrogen and oxygen atoms in total. The summed E-state index contributed by atoms with van der Waals surface area (Å²) in [6.07, 6.45) is -2.52. The molecular formula is C18H25F16NO3S. The van der Waals surface area contributed by atoms with Gasteiger partial charge in [-0.1, -0.05) is 6.92 Å². The smallest absolute Gasteiger partial charge is 0.402 e. The Morgan fingerprint density at radius 3 is 0.897 bits per heavy atom. The highest BCUT2D eigenvalue weighted by Crippen LogP contribution is 2.64. The van der Waals surface area contributed by atoms with Gasteiger partial charge in [-0.15, -0.1) is 0 Å². The van der Waals surface area contributed by atoms with Crippen molar-refractivity contribution in [3.63, 3.8) is 0 Å². The second-order valence-electron chi connectivity index (χ2n) is 8.08. The number of rotatable bonds is 13. The predicted octanol–water partition coefficient (Wildman–Crippen LogP) is 6.86. The minimum Gasteiger partial charge on any atom is -0.743 e. The monoisotopic (exact) mass is 639 g/mol. The van der Waals surface area contributed by atoms with Crippen LogP contribution in [0, 0.1) is 0 Å². The lowest BCUT2D eigenvalue weighted by Gasteiger charge is -2.43. The van der Waals surface area contributed by atoms with E-state index in [9.17, 15) is 83.2 Å². The summed E-state index contributed by atoms with van der Waals surface area (Å²) in [5.74, 6) is -56.8. The summed E-state index contributed by atoms with van der Waals surface area (Å²) >= 11 is 0. The predicted molar refractivity (Wildman–Crippen MR) is 102 cm³/mol. The van der Waals surface area contributed by atoms with Gasteiger partial charge in [0.1, 0.15) is 0 Å². The van der Waals surface area contributed by atoms with Crippen LogP contribution in [0.2, 0.25) is 0 Å². The van der Waals surface area contributed by atoms with Crippen molar-refractivity contribution in [1.29, 1.82) is 0 Å². The van der Waals surface area contributed by atoms with Gasteiger partial charge in [-0.2, -0.15) is 70.2 Å². The largest absolute Gasteiger partial charge is 0.743 e. The average Bonchev–Trinajstić information content (AvgIpc) is 2.79. The highest BCUT2D eigenvalue weighted by Gasteiger charge is 2.95. The summed E-state index contributed by atoms with van der Waals surface area (Å²) in [6, 6.07) is 0. The number of nitrogens with zero attached hydrogens (tertiary/aromatic N) is 1. The van der Waals surface area contributed by atoms with E-state index in [0.717, 1.165) is 0 Å². The third kappa shape index (κ3) is 6.04. The number of alkyl halides is 16. The quantitative estimate of drug-likeness (QED) is 0.126. The van der Waals surface area contributed by atoms with Crippen LogP contribution in [0.1, 0.15) is 41.0 Å². The Hall–Kier alpha value is -1.25. The Kier molecular flexibility index (Phi) is 11.8.